The van der Waals surface area contributed by atoms with Gasteiger partial charge in [-0.25, -0.2) is 14.9 Å². The van der Waals surface area contributed by atoms with Crippen LogP contribution in [-0.2, 0) is 34.1 Å². The summed E-state index contributed by atoms with van der Waals surface area (Å²) in [5, 5.41) is 6.89. The molecule has 1 aliphatic heterocycles. The van der Waals surface area contributed by atoms with Crippen LogP contribution in [0.2, 0.25) is 10.0 Å². The van der Waals surface area contributed by atoms with Crippen molar-refractivity contribution in [3.8, 4) is 11.3 Å². The molecule has 4 N–H and O–H groups in total. The number of carbonyl (C=O) groups excluding carboxylic acids is 3. The number of benzene rings is 2. The van der Waals surface area contributed by atoms with E-state index in [4.69, 9.17) is 33.9 Å². The molecule has 0 spiro atoms. The summed E-state index contributed by atoms with van der Waals surface area (Å²) >= 11 is 12.7. The van der Waals surface area contributed by atoms with E-state index in [-0.39, 0.29) is 29.9 Å². The van der Waals surface area contributed by atoms with E-state index >= 15 is 0 Å². The molecule has 3 amide bonds. The van der Waals surface area contributed by atoms with Crippen molar-refractivity contribution in [1.82, 2.24) is 34.7 Å². The number of aryl methyl sites for hydroxylation is 1. The summed E-state index contributed by atoms with van der Waals surface area (Å²) in [6.45, 7) is 1.77. The number of rotatable bonds is 9. The van der Waals surface area contributed by atoms with E-state index < -0.39 is 22.5 Å². The zero-order valence-electron chi connectivity index (χ0n) is 27.3. The summed E-state index contributed by atoms with van der Waals surface area (Å²) < 4.78 is 3.56. The molecule has 3 aromatic heterocycles. The average molecular weight is 711 g/mol. The summed E-state index contributed by atoms with van der Waals surface area (Å²) in [5.41, 5.74) is 7.60. The van der Waals surface area contributed by atoms with Crippen LogP contribution in [0.4, 0.5) is 17.3 Å². The third-order valence-electron chi connectivity index (χ3n) is 9.97. The second-order valence-corrected chi connectivity index (χ2v) is 14.5. The number of hydrogen-bond acceptors (Lipinski definition) is 7. The second kappa shape index (κ2) is 11.4. The summed E-state index contributed by atoms with van der Waals surface area (Å²) in [4.78, 5) is 57.2. The monoisotopic (exact) mass is 709 g/mol. The standard InChI is InChI=1S/C36H33Cl2N9O3/c1-34(16-21-3-6-25(39)7-4-21)32(50)46(26-14-23(37)13-24(38)15-26)33-42-19-28(47(33)34)30(48)43-36(11-12-36)31(49)44-35(9-10-35)29-8-5-22(17-41-29)27-18-40-20-45(27)2/h3-8,13-15,17-20H,9-12,16,39H2,1-2H3,(H,43,48)(H,44,49)/t34-/m1/s1. The van der Waals surface area contributed by atoms with E-state index in [0.717, 1.165) is 35.4 Å². The number of nitrogens with zero attached hydrogens (tertiary/aromatic N) is 6. The summed E-state index contributed by atoms with van der Waals surface area (Å²) in [5.74, 6) is -0.857. The van der Waals surface area contributed by atoms with Gasteiger partial charge in [-0.3, -0.25) is 23.9 Å². The van der Waals surface area contributed by atoms with E-state index in [9.17, 15) is 14.4 Å². The molecule has 2 aromatic carbocycles. The molecule has 1 atom stereocenters. The number of pyridine rings is 1. The largest absolute Gasteiger partial charge is 0.399 e. The third kappa shape index (κ3) is 5.30. The molecule has 2 fully saturated rings. The normalized spacial score (nSPS) is 19.6. The summed E-state index contributed by atoms with van der Waals surface area (Å²) in [6, 6.07) is 16.0. The lowest BCUT2D eigenvalue weighted by Crippen LogP contribution is -2.52. The highest BCUT2D eigenvalue weighted by atomic mass is 35.5. The molecule has 5 aromatic rings. The fourth-order valence-corrected chi connectivity index (χ4v) is 7.36. The van der Waals surface area contributed by atoms with Crippen LogP contribution < -0.4 is 21.3 Å². The first kappa shape index (κ1) is 32.0. The van der Waals surface area contributed by atoms with Crippen molar-refractivity contribution in [1.29, 1.82) is 0 Å². The van der Waals surface area contributed by atoms with Crippen LogP contribution >= 0.6 is 23.2 Å². The maximum Gasteiger partial charge on any atom is 0.270 e. The molecule has 50 heavy (non-hydrogen) atoms. The Hall–Kier alpha value is -5.20. The molecule has 0 saturated heterocycles. The number of imidazole rings is 2. The van der Waals surface area contributed by atoms with Gasteiger partial charge >= 0.3 is 0 Å². The SMILES string of the molecule is Cn1cncc1-c1ccc(C2(NC(=O)C3(NC(=O)c4cnc5n4[C@](C)(Cc4ccc(N)cc4)C(=O)N5c4cc(Cl)cc(Cl)c4)CC3)CC2)nc1. The van der Waals surface area contributed by atoms with Crippen LogP contribution in [-0.4, -0.2) is 47.3 Å². The quantitative estimate of drug-likeness (QED) is 0.176. The van der Waals surface area contributed by atoms with Gasteiger partial charge in [0, 0.05) is 41.0 Å². The number of nitrogens with two attached hydrogens (primary N) is 1. The number of fused-ring (bicyclic) bond motifs is 1. The molecule has 4 heterocycles. The van der Waals surface area contributed by atoms with Gasteiger partial charge in [-0.05, 0) is 80.6 Å². The molecule has 2 saturated carbocycles. The van der Waals surface area contributed by atoms with Gasteiger partial charge in [-0.2, -0.15) is 0 Å². The Labute approximate surface area is 297 Å². The number of nitrogens with one attached hydrogen (secondary N) is 2. The topological polar surface area (TPSA) is 153 Å². The Kier molecular flexibility index (Phi) is 7.32. The van der Waals surface area contributed by atoms with Gasteiger partial charge in [0.1, 0.15) is 16.8 Å². The number of halogens is 2. The maximum absolute atomic E-state index is 14.4. The first-order chi connectivity index (χ1) is 23.9. The first-order valence-electron chi connectivity index (χ1n) is 16.2. The van der Waals surface area contributed by atoms with E-state index in [2.05, 4.69) is 20.6 Å². The third-order valence-corrected chi connectivity index (χ3v) is 10.4. The van der Waals surface area contributed by atoms with Crippen LogP contribution in [0.3, 0.4) is 0 Å². The Balaban J connectivity index is 1.07. The number of amides is 3. The summed E-state index contributed by atoms with van der Waals surface area (Å²) in [6.07, 6.45) is 9.41. The predicted octanol–water partition coefficient (Wildman–Crippen LogP) is 5.27. The molecule has 2 aliphatic carbocycles. The molecular formula is C36H33Cl2N9O3. The van der Waals surface area contributed by atoms with Crippen LogP contribution in [0.25, 0.3) is 11.3 Å². The molecule has 0 bridgehead atoms. The fourth-order valence-electron chi connectivity index (χ4n) is 6.85. The van der Waals surface area contributed by atoms with Crippen molar-refractivity contribution in [2.45, 2.75) is 55.6 Å². The van der Waals surface area contributed by atoms with E-state index in [1.165, 1.54) is 11.1 Å². The smallest absolute Gasteiger partial charge is 0.270 e. The Morgan fingerprint density at radius 3 is 2.24 bits per heavy atom. The minimum absolute atomic E-state index is 0.148. The van der Waals surface area contributed by atoms with Gasteiger partial charge in [0.15, 0.2) is 0 Å². The lowest BCUT2D eigenvalue weighted by atomic mass is 9.91. The molecule has 14 heteroatoms. The van der Waals surface area contributed by atoms with Gasteiger partial charge in [0.2, 0.25) is 11.9 Å². The molecule has 0 radical (unpaired) electrons. The van der Waals surface area contributed by atoms with Crippen molar-refractivity contribution >= 4 is 58.2 Å². The van der Waals surface area contributed by atoms with Crippen LogP contribution in [0.1, 0.15) is 54.4 Å². The molecular weight excluding hydrogens is 677 g/mol. The molecule has 12 nitrogen and oxygen atoms in total. The number of anilines is 3. The Bertz CT molecular complexity index is 2170. The van der Waals surface area contributed by atoms with E-state index in [1.54, 1.807) is 60.5 Å². The van der Waals surface area contributed by atoms with Crippen LogP contribution in [0, 0.1) is 0 Å². The van der Waals surface area contributed by atoms with E-state index in [0.29, 0.717) is 34.3 Å². The van der Waals surface area contributed by atoms with Crippen LogP contribution in [0.15, 0.2) is 79.5 Å². The van der Waals surface area contributed by atoms with E-state index in [1.807, 2.05) is 35.9 Å². The van der Waals surface area contributed by atoms with Gasteiger partial charge in [-0.15, -0.1) is 0 Å². The second-order valence-electron chi connectivity index (χ2n) is 13.6. The number of hydrogen-bond donors (Lipinski definition) is 3. The van der Waals surface area contributed by atoms with Gasteiger partial charge in [0.05, 0.1) is 41.3 Å². The summed E-state index contributed by atoms with van der Waals surface area (Å²) in [7, 11) is 1.92. The van der Waals surface area contributed by atoms with Crippen molar-refractivity contribution in [2.75, 3.05) is 10.6 Å². The highest BCUT2D eigenvalue weighted by molar-refractivity contribution is 6.35. The van der Waals surface area contributed by atoms with Gasteiger partial charge in [-0.1, -0.05) is 35.3 Å². The van der Waals surface area contributed by atoms with Crippen molar-refractivity contribution in [3.63, 3.8) is 0 Å². The number of carbonyl (C=O) groups is 3. The first-order valence-corrected chi connectivity index (χ1v) is 17.0. The Morgan fingerprint density at radius 2 is 1.64 bits per heavy atom. The van der Waals surface area contributed by atoms with Crippen molar-refractivity contribution < 1.29 is 14.4 Å². The minimum Gasteiger partial charge on any atom is -0.399 e. The van der Waals surface area contributed by atoms with Gasteiger partial charge in [0.25, 0.3) is 11.8 Å². The zero-order valence-corrected chi connectivity index (χ0v) is 28.8. The minimum atomic E-state index is -1.27. The predicted molar refractivity (Wildman–Crippen MR) is 189 cm³/mol. The highest BCUT2D eigenvalue weighted by Crippen LogP contribution is 2.48. The molecule has 8 rings (SSSR count). The molecule has 254 valence electrons. The lowest BCUT2D eigenvalue weighted by molar-refractivity contribution is -0.125. The fraction of sp³-hybridized carbons (Fsp3) is 0.278. The maximum atomic E-state index is 14.4. The number of aromatic nitrogens is 5. The van der Waals surface area contributed by atoms with Crippen molar-refractivity contribution in [3.05, 3.63) is 107 Å². The molecule has 0 unspecified atom stereocenters. The van der Waals surface area contributed by atoms with Crippen molar-refractivity contribution in [2.24, 2.45) is 7.05 Å². The molecule has 3 aliphatic rings. The Morgan fingerprint density at radius 1 is 0.920 bits per heavy atom. The zero-order chi connectivity index (χ0) is 35.0. The number of nitrogen functional groups attached to an aromatic ring is 1. The average Bonchev–Trinajstić information content (AvgIpc) is 3.93. The van der Waals surface area contributed by atoms with Gasteiger partial charge < -0.3 is 20.9 Å². The van der Waals surface area contributed by atoms with Crippen LogP contribution in [0.5, 0.6) is 0 Å². The highest BCUT2D eigenvalue weighted by Gasteiger charge is 2.57. The lowest BCUT2D eigenvalue weighted by Gasteiger charge is -2.27.